The second kappa shape index (κ2) is 9.23. The molecule has 11 heteroatoms. The number of aromatic nitrogens is 3. The summed E-state index contributed by atoms with van der Waals surface area (Å²) in [6, 6.07) is 12.0. The standard InChI is InChI=1S/C25H20F3N5O2S/c26-25(27,28)17-4-1-3-16(11-17)24(9-2-10-24)22(35)33-23-29-12-19(32-23)15-5-7-18(8-6-15)31-21(34)20-13-36-14-30-20/h1,3-8,11-14H,2,9-10H2,(H,31,34)(H2,29,32,33,35). The number of carbonyl (C=O) groups excluding carboxylic acids is 2. The lowest BCUT2D eigenvalue weighted by atomic mass is 9.63. The molecule has 2 aromatic carbocycles. The van der Waals surface area contributed by atoms with Crippen LogP contribution >= 0.6 is 11.3 Å². The maximum Gasteiger partial charge on any atom is 0.416 e. The molecule has 4 aromatic rings. The van der Waals surface area contributed by atoms with Crippen molar-refractivity contribution in [3.8, 4) is 11.3 Å². The molecular weight excluding hydrogens is 491 g/mol. The van der Waals surface area contributed by atoms with Crippen LogP contribution in [0, 0.1) is 0 Å². The van der Waals surface area contributed by atoms with Gasteiger partial charge in [0.1, 0.15) is 5.69 Å². The lowest BCUT2D eigenvalue weighted by Gasteiger charge is -2.40. The van der Waals surface area contributed by atoms with Crippen LogP contribution in [-0.2, 0) is 16.4 Å². The van der Waals surface area contributed by atoms with E-state index in [1.54, 1.807) is 47.4 Å². The number of nitrogens with zero attached hydrogens (tertiary/aromatic N) is 2. The van der Waals surface area contributed by atoms with Crippen molar-refractivity contribution >= 4 is 34.8 Å². The minimum absolute atomic E-state index is 0.203. The van der Waals surface area contributed by atoms with Crippen LogP contribution in [0.5, 0.6) is 0 Å². The summed E-state index contributed by atoms with van der Waals surface area (Å²) in [4.78, 5) is 36.5. The molecule has 1 fully saturated rings. The fourth-order valence-electron chi connectivity index (χ4n) is 4.18. The van der Waals surface area contributed by atoms with Crippen molar-refractivity contribution in [1.29, 1.82) is 0 Å². The minimum atomic E-state index is -4.48. The molecule has 0 spiro atoms. The van der Waals surface area contributed by atoms with E-state index in [2.05, 4.69) is 25.6 Å². The second-order valence-corrected chi connectivity index (χ2v) is 9.24. The van der Waals surface area contributed by atoms with E-state index in [1.807, 2.05) is 0 Å². The van der Waals surface area contributed by atoms with Crippen molar-refractivity contribution in [2.45, 2.75) is 30.9 Å². The molecule has 7 nitrogen and oxygen atoms in total. The molecule has 184 valence electrons. The number of aromatic amines is 1. The van der Waals surface area contributed by atoms with Crippen LogP contribution in [0.3, 0.4) is 0 Å². The van der Waals surface area contributed by atoms with Crippen molar-refractivity contribution in [3.63, 3.8) is 0 Å². The molecule has 1 saturated carbocycles. The molecule has 0 bridgehead atoms. The smallest absolute Gasteiger partial charge is 0.324 e. The summed E-state index contributed by atoms with van der Waals surface area (Å²) in [6.45, 7) is 0. The Morgan fingerprint density at radius 3 is 2.44 bits per heavy atom. The van der Waals surface area contributed by atoms with Gasteiger partial charge >= 0.3 is 6.18 Å². The van der Waals surface area contributed by atoms with Gasteiger partial charge in [0.25, 0.3) is 5.91 Å². The Hall–Kier alpha value is -3.99. The number of rotatable bonds is 6. The fraction of sp³-hybridized carbons (Fsp3) is 0.200. The number of alkyl halides is 3. The van der Waals surface area contributed by atoms with Gasteiger partial charge in [0.05, 0.1) is 28.4 Å². The number of hydrogen-bond donors (Lipinski definition) is 3. The van der Waals surface area contributed by atoms with Gasteiger partial charge in [0.15, 0.2) is 0 Å². The zero-order valence-corrected chi connectivity index (χ0v) is 19.5. The molecule has 0 atom stereocenters. The quantitative estimate of drug-likeness (QED) is 0.302. The Bertz CT molecular complexity index is 1390. The Kier molecular flexibility index (Phi) is 6.09. The summed E-state index contributed by atoms with van der Waals surface area (Å²) >= 11 is 1.33. The monoisotopic (exact) mass is 511 g/mol. The van der Waals surface area contributed by atoms with Crippen LogP contribution < -0.4 is 10.6 Å². The number of carbonyl (C=O) groups is 2. The van der Waals surface area contributed by atoms with Crippen LogP contribution in [0.2, 0.25) is 0 Å². The lowest BCUT2D eigenvalue weighted by molar-refractivity contribution is -0.138. The Balaban J connectivity index is 1.28. The number of imidazole rings is 1. The SMILES string of the molecule is O=C(Nc1ccc(-c2cnc(NC(=O)C3(c4cccc(C(F)(F)F)c4)CCC3)[nH]2)cc1)c1cscn1. The van der Waals surface area contributed by atoms with Crippen molar-refractivity contribution in [3.05, 3.63) is 82.4 Å². The molecule has 1 aliphatic rings. The average molecular weight is 512 g/mol. The topological polar surface area (TPSA) is 99.8 Å². The number of nitrogens with one attached hydrogen (secondary N) is 3. The molecule has 0 aliphatic heterocycles. The first kappa shape index (κ1) is 23.7. The number of hydrogen-bond acceptors (Lipinski definition) is 5. The minimum Gasteiger partial charge on any atom is -0.324 e. The summed E-state index contributed by atoms with van der Waals surface area (Å²) in [5.74, 6) is -0.496. The van der Waals surface area contributed by atoms with E-state index in [9.17, 15) is 22.8 Å². The van der Waals surface area contributed by atoms with Crippen LogP contribution in [0.25, 0.3) is 11.3 Å². The number of benzene rings is 2. The van der Waals surface area contributed by atoms with E-state index in [0.717, 1.165) is 24.1 Å². The zero-order chi connectivity index (χ0) is 25.3. The van der Waals surface area contributed by atoms with Gasteiger partial charge in [-0.15, -0.1) is 11.3 Å². The number of H-pyrrole nitrogens is 1. The largest absolute Gasteiger partial charge is 0.416 e. The van der Waals surface area contributed by atoms with Crippen molar-refractivity contribution < 1.29 is 22.8 Å². The molecule has 2 amide bonds. The Morgan fingerprint density at radius 1 is 1.03 bits per heavy atom. The summed E-state index contributed by atoms with van der Waals surface area (Å²) in [6.07, 6.45) is -1.26. The summed E-state index contributed by atoms with van der Waals surface area (Å²) in [5.41, 5.74) is 2.47. The first-order valence-electron chi connectivity index (χ1n) is 11.1. The molecule has 36 heavy (non-hydrogen) atoms. The highest BCUT2D eigenvalue weighted by molar-refractivity contribution is 7.07. The highest BCUT2D eigenvalue weighted by Crippen LogP contribution is 2.45. The highest BCUT2D eigenvalue weighted by atomic mass is 32.1. The Labute approximate surface area is 207 Å². The third-order valence-corrected chi connectivity index (χ3v) is 6.90. The van der Waals surface area contributed by atoms with E-state index in [4.69, 9.17) is 0 Å². The van der Waals surface area contributed by atoms with E-state index in [0.29, 0.717) is 35.5 Å². The fourth-order valence-corrected chi connectivity index (χ4v) is 4.71. The van der Waals surface area contributed by atoms with E-state index in [1.165, 1.54) is 17.4 Å². The van der Waals surface area contributed by atoms with Crippen LogP contribution in [0.15, 0.2) is 65.6 Å². The predicted octanol–water partition coefficient (Wildman–Crippen LogP) is 5.86. The zero-order valence-electron chi connectivity index (χ0n) is 18.7. The number of thiazole rings is 1. The van der Waals surface area contributed by atoms with Crippen molar-refractivity contribution in [1.82, 2.24) is 15.0 Å². The third-order valence-electron chi connectivity index (χ3n) is 6.31. The van der Waals surface area contributed by atoms with Crippen LogP contribution in [-0.4, -0.2) is 26.8 Å². The molecule has 5 rings (SSSR count). The number of anilines is 2. The van der Waals surface area contributed by atoms with Crippen molar-refractivity contribution in [2.75, 3.05) is 10.6 Å². The molecule has 0 radical (unpaired) electrons. The number of halogens is 3. The number of amides is 2. The molecule has 0 unspecified atom stereocenters. The molecule has 0 saturated heterocycles. The predicted molar refractivity (Wildman–Crippen MR) is 130 cm³/mol. The van der Waals surface area contributed by atoms with E-state index in [-0.39, 0.29) is 11.9 Å². The highest BCUT2D eigenvalue weighted by Gasteiger charge is 2.46. The summed E-state index contributed by atoms with van der Waals surface area (Å²) in [7, 11) is 0. The van der Waals surface area contributed by atoms with Gasteiger partial charge < -0.3 is 10.3 Å². The lowest BCUT2D eigenvalue weighted by Crippen LogP contribution is -2.46. The van der Waals surface area contributed by atoms with Crippen LogP contribution in [0.4, 0.5) is 24.8 Å². The van der Waals surface area contributed by atoms with Crippen molar-refractivity contribution in [2.24, 2.45) is 0 Å². The average Bonchev–Trinajstić information content (AvgIpc) is 3.51. The van der Waals surface area contributed by atoms with Gasteiger partial charge in [-0.2, -0.15) is 13.2 Å². The molecular formula is C25H20F3N5O2S. The first-order chi connectivity index (χ1) is 17.2. The molecule has 2 aromatic heterocycles. The van der Waals surface area contributed by atoms with Gasteiger partial charge in [0.2, 0.25) is 11.9 Å². The second-order valence-electron chi connectivity index (χ2n) is 8.52. The summed E-state index contributed by atoms with van der Waals surface area (Å²) in [5, 5.41) is 7.16. The summed E-state index contributed by atoms with van der Waals surface area (Å²) < 4.78 is 39.6. The van der Waals surface area contributed by atoms with E-state index >= 15 is 0 Å². The molecule has 1 aliphatic carbocycles. The molecule has 3 N–H and O–H groups in total. The maximum atomic E-state index is 13.2. The Morgan fingerprint density at radius 2 is 1.81 bits per heavy atom. The van der Waals surface area contributed by atoms with Gasteiger partial charge in [-0.1, -0.05) is 36.8 Å². The van der Waals surface area contributed by atoms with Gasteiger partial charge in [-0.3, -0.25) is 14.9 Å². The first-order valence-corrected chi connectivity index (χ1v) is 12.0. The van der Waals surface area contributed by atoms with Gasteiger partial charge in [-0.05, 0) is 42.2 Å². The van der Waals surface area contributed by atoms with Crippen LogP contribution in [0.1, 0.15) is 40.9 Å². The van der Waals surface area contributed by atoms with E-state index < -0.39 is 23.1 Å². The van der Waals surface area contributed by atoms with Gasteiger partial charge in [0, 0.05) is 11.1 Å². The maximum absolute atomic E-state index is 13.2. The molecule has 2 heterocycles. The van der Waals surface area contributed by atoms with Gasteiger partial charge in [-0.25, -0.2) is 9.97 Å². The normalized spacial score (nSPS) is 14.6. The third kappa shape index (κ3) is 4.61.